The zero-order valence-corrected chi connectivity index (χ0v) is 15.0. The summed E-state index contributed by atoms with van der Waals surface area (Å²) < 4.78 is 17.6. The van der Waals surface area contributed by atoms with Gasteiger partial charge in [0.1, 0.15) is 0 Å². The molecule has 1 aliphatic rings. The van der Waals surface area contributed by atoms with Gasteiger partial charge in [-0.2, -0.15) is 0 Å². The van der Waals surface area contributed by atoms with E-state index in [-0.39, 0.29) is 6.23 Å². The Balaban J connectivity index is 1.91. The van der Waals surface area contributed by atoms with E-state index < -0.39 is 0 Å². The highest BCUT2D eigenvalue weighted by Crippen LogP contribution is 2.32. The Morgan fingerprint density at radius 2 is 1.88 bits per heavy atom. The maximum atomic E-state index is 6.41. The van der Waals surface area contributed by atoms with Gasteiger partial charge in [0.25, 0.3) is 0 Å². The number of ether oxygens (including phenoxy) is 3. The fourth-order valence-electron chi connectivity index (χ4n) is 2.93. The number of para-hydroxylation sites is 2. The number of morpholine rings is 1. The molecule has 25 heavy (non-hydrogen) atoms. The molecular weight excluding hydrogens is 316 g/mol. The normalized spacial score (nSPS) is 16.4. The van der Waals surface area contributed by atoms with Gasteiger partial charge in [-0.05, 0) is 43.2 Å². The molecule has 2 aromatic rings. The molecule has 134 valence electrons. The largest absolute Gasteiger partial charge is 0.490 e. The number of aromatic nitrogens is 1. The van der Waals surface area contributed by atoms with Crippen LogP contribution in [0.1, 0.15) is 31.3 Å². The van der Waals surface area contributed by atoms with Crippen LogP contribution in [0.3, 0.4) is 0 Å². The summed E-state index contributed by atoms with van der Waals surface area (Å²) in [7, 11) is 0. The van der Waals surface area contributed by atoms with E-state index >= 15 is 0 Å². The highest BCUT2D eigenvalue weighted by atomic mass is 16.5. The van der Waals surface area contributed by atoms with Crippen LogP contribution in [0.2, 0.25) is 0 Å². The quantitative estimate of drug-likeness (QED) is 0.771. The average Bonchev–Trinajstić information content (AvgIpc) is 2.68. The topological polar surface area (TPSA) is 43.8 Å². The maximum Gasteiger partial charge on any atom is 0.196 e. The molecular formula is C20H26N2O3. The molecule has 2 heterocycles. The summed E-state index contributed by atoms with van der Waals surface area (Å²) >= 11 is 0. The van der Waals surface area contributed by atoms with Crippen molar-refractivity contribution in [2.75, 3.05) is 32.9 Å². The van der Waals surface area contributed by atoms with Crippen LogP contribution in [0.5, 0.6) is 11.5 Å². The lowest BCUT2D eigenvalue weighted by Crippen LogP contribution is -2.41. The lowest BCUT2D eigenvalue weighted by Gasteiger charge is -2.34. The first-order valence-electron chi connectivity index (χ1n) is 8.97. The Morgan fingerprint density at radius 1 is 1.12 bits per heavy atom. The van der Waals surface area contributed by atoms with Gasteiger partial charge in [-0.1, -0.05) is 19.1 Å². The van der Waals surface area contributed by atoms with Crippen LogP contribution in [0.4, 0.5) is 0 Å². The van der Waals surface area contributed by atoms with Crippen molar-refractivity contribution in [2.24, 2.45) is 0 Å². The third-order valence-electron chi connectivity index (χ3n) is 4.27. The molecule has 0 N–H and O–H groups in total. The summed E-state index contributed by atoms with van der Waals surface area (Å²) in [5.41, 5.74) is 2.18. The fraction of sp³-hybridized carbons (Fsp3) is 0.450. The van der Waals surface area contributed by atoms with Crippen LogP contribution in [0, 0.1) is 0 Å². The number of rotatable bonds is 7. The van der Waals surface area contributed by atoms with Gasteiger partial charge in [0.2, 0.25) is 0 Å². The third-order valence-corrected chi connectivity index (χ3v) is 4.27. The molecule has 1 aromatic heterocycles. The molecule has 0 bridgehead atoms. The molecule has 1 saturated heterocycles. The summed E-state index contributed by atoms with van der Waals surface area (Å²) in [6, 6.07) is 12.0. The smallest absolute Gasteiger partial charge is 0.196 e. The van der Waals surface area contributed by atoms with Gasteiger partial charge in [0, 0.05) is 19.3 Å². The second kappa shape index (κ2) is 8.83. The lowest BCUT2D eigenvalue weighted by atomic mass is 10.1. The van der Waals surface area contributed by atoms with Gasteiger partial charge in [-0.3, -0.25) is 9.88 Å². The Morgan fingerprint density at radius 3 is 2.60 bits per heavy atom. The number of hydrogen-bond acceptors (Lipinski definition) is 5. The molecule has 0 amide bonds. The molecule has 0 saturated carbocycles. The van der Waals surface area contributed by atoms with E-state index in [2.05, 4.69) is 22.9 Å². The third kappa shape index (κ3) is 4.50. The van der Waals surface area contributed by atoms with E-state index in [0.717, 1.165) is 36.7 Å². The first-order chi connectivity index (χ1) is 12.3. The number of nitrogens with zero attached hydrogens (tertiary/aromatic N) is 2. The summed E-state index contributed by atoms with van der Waals surface area (Å²) in [6.45, 7) is 7.78. The molecule has 0 unspecified atom stereocenters. The molecule has 0 aliphatic carbocycles. The second-order valence-electron chi connectivity index (χ2n) is 5.94. The Labute approximate surface area is 149 Å². The summed E-state index contributed by atoms with van der Waals surface area (Å²) in [4.78, 5) is 6.86. The minimum atomic E-state index is -0.253. The highest BCUT2D eigenvalue weighted by molar-refractivity contribution is 5.40. The zero-order valence-electron chi connectivity index (χ0n) is 15.0. The SMILES string of the molecule is CCOc1ccccc1O[C@@H](c1cc(CC)ccn1)N1CCOCC1. The van der Waals surface area contributed by atoms with Crippen molar-refractivity contribution >= 4 is 0 Å². The number of aryl methyl sites for hydroxylation is 1. The van der Waals surface area contributed by atoms with Crippen molar-refractivity contribution < 1.29 is 14.2 Å². The molecule has 5 heteroatoms. The molecule has 5 nitrogen and oxygen atoms in total. The molecule has 1 atom stereocenters. The van der Waals surface area contributed by atoms with E-state index in [9.17, 15) is 0 Å². The fourth-order valence-corrected chi connectivity index (χ4v) is 2.93. The maximum absolute atomic E-state index is 6.41. The van der Waals surface area contributed by atoms with Crippen molar-refractivity contribution in [3.8, 4) is 11.5 Å². The van der Waals surface area contributed by atoms with Crippen LogP contribution < -0.4 is 9.47 Å². The van der Waals surface area contributed by atoms with Gasteiger partial charge >= 0.3 is 0 Å². The Bertz CT molecular complexity index is 671. The standard InChI is InChI=1S/C20H26N2O3/c1-3-16-9-10-21-17(15-16)20(22-11-13-23-14-12-22)25-19-8-6-5-7-18(19)24-4-2/h5-10,15,20H,3-4,11-14H2,1-2H3/t20-/m0/s1. The van der Waals surface area contributed by atoms with E-state index in [1.165, 1.54) is 5.56 Å². The van der Waals surface area contributed by atoms with Gasteiger partial charge in [-0.25, -0.2) is 0 Å². The van der Waals surface area contributed by atoms with E-state index in [1.807, 2.05) is 43.5 Å². The van der Waals surface area contributed by atoms with Crippen LogP contribution >= 0.6 is 0 Å². The molecule has 1 fully saturated rings. The van der Waals surface area contributed by atoms with E-state index in [1.54, 1.807) is 0 Å². The predicted molar refractivity (Wildman–Crippen MR) is 97.0 cm³/mol. The van der Waals surface area contributed by atoms with Crippen LogP contribution in [0.15, 0.2) is 42.6 Å². The molecule has 0 radical (unpaired) electrons. The Hall–Kier alpha value is -2.11. The predicted octanol–water partition coefficient (Wildman–Crippen LogP) is 3.45. The van der Waals surface area contributed by atoms with E-state index in [4.69, 9.17) is 14.2 Å². The lowest BCUT2D eigenvalue weighted by molar-refractivity contribution is -0.0501. The second-order valence-corrected chi connectivity index (χ2v) is 5.94. The van der Waals surface area contributed by atoms with Crippen molar-refractivity contribution in [1.82, 2.24) is 9.88 Å². The van der Waals surface area contributed by atoms with Crippen molar-refractivity contribution in [3.63, 3.8) is 0 Å². The molecule has 1 aromatic carbocycles. The first kappa shape index (κ1) is 17.7. The summed E-state index contributed by atoms with van der Waals surface area (Å²) in [6.07, 6.45) is 2.58. The van der Waals surface area contributed by atoms with Crippen LogP contribution in [-0.4, -0.2) is 42.8 Å². The van der Waals surface area contributed by atoms with Crippen molar-refractivity contribution in [3.05, 3.63) is 53.9 Å². The van der Waals surface area contributed by atoms with Gasteiger partial charge in [0.15, 0.2) is 17.7 Å². The average molecular weight is 342 g/mol. The first-order valence-corrected chi connectivity index (χ1v) is 8.97. The summed E-state index contributed by atoms with van der Waals surface area (Å²) in [5, 5.41) is 0. The molecule has 1 aliphatic heterocycles. The summed E-state index contributed by atoms with van der Waals surface area (Å²) in [5.74, 6) is 1.50. The Kier molecular flexibility index (Phi) is 6.25. The van der Waals surface area contributed by atoms with Gasteiger partial charge in [-0.15, -0.1) is 0 Å². The monoisotopic (exact) mass is 342 g/mol. The van der Waals surface area contributed by atoms with Crippen LogP contribution in [-0.2, 0) is 11.2 Å². The van der Waals surface area contributed by atoms with Crippen molar-refractivity contribution in [1.29, 1.82) is 0 Å². The zero-order chi connectivity index (χ0) is 17.5. The number of pyridine rings is 1. The number of benzene rings is 1. The minimum absolute atomic E-state index is 0.253. The highest BCUT2D eigenvalue weighted by Gasteiger charge is 2.26. The molecule has 0 spiro atoms. The number of hydrogen-bond donors (Lipinski definition) is 0. The van der Waals surface area contributed by atoms with E-state index in [0.29, 0.717) is 19.8 Å². The van der Waals surface area contributed by atoms with Gasteiger partial charge in [0.05, 0.1) is 25.5 Å². The minimum Gasteiger partial charge on any atom is -0.490 e. The molecule has 3 rings (SSSR count). The van der Waals surface area contributed by atoms with Crippen molar-refractivity contribution in [2.45, 2.75) is 26.5 Å². The van der Waals surface area contributed by atoms with Gasteiger partial charge < -0.3 is 14.2 Å². The van der Waals surface area contributed by atoms with Crippen LogP contribution in [0.25, 0.3) is 0 Å².